The molecule has 0 spiro atoms. The number of para-hydroxylation sites is 4. The molecule has 0 aliphatic carbocycles. The van der Waals surface area contributed by atoms with E-state index < -0.39 is 0 Å². The molecule has 10 aromatic rings. The van der Waals surface area contributed by atoms with Crippen LogP contribution in [0.1, 0.15) is 110 Å². The number of amides is 2. The van der Waals surface area contributed by atoms with Crippen LogP contribution in [0.4, 0.5) is 11.4 Å². The quantitative estimate of drug-likeness (QED) is 0.0805. The van der Waals surface area contributed by atoms with E-state index in [-0.39, 0.29) is 11.8 Å². The number of carbonyl (C=O) groups excluding carboxylic acids is 2. The largest absolute Gasteiger partial charge is 0.309 e. The maximum absolute atomic E-state index is 15.2. The number of hydrogen-bond donors (Lipinski definition) is 0. The number of rotatable bonds is 14. The van der Waals surface area contributed by atoms with E-state index in [1.807, 2.05) is 9.80 Å². The molecule has 2 aliphatic heterocycles. The number of hydrogen-bond acceptors (Lipinski definition) is 4. The van der Waals surface area contributed by atoms with Crippen molar-refractivity contribution >= 4 is 101 Å². The van der Waals surface area contributed by atoms with Crippen LogP contribution in [0.3, 0.4) is 0 Å². The van der Waals surface area contributed by atoms with E-state index in [1.54, 1.807) is 0 Å². The third-order valence-corrected chi connectivity index (χ3v) is 17.8. The fourth-order valence-corrected chi connectivity index (χ4v) is 13.7. The summed E-state index contributed by atoms with van der Waals surface area (Å²) in [6.45, 7) is 10.1. The van der Waals surface area contributed by atoms with Gasteiger partial charge in [0.05, 0.1) is 64.1 Å². The SMILES string of the molecule is CCCCC(CC)CN1C(=O)/C(=C2\C(=O)N(CC(CC)CCCC)c3cc(C#Cc4ccc(-n5c6ccccc6c6ccccc65)cc4)sc32)c2sc(C#Cc3ccc(-n4c5ccccc5c5ccccc54)cc3)cc21. The fraction of sp³-hybridized carbons (Fsp3) is 0.235. The first-order chi connectivity index (χ1) is 37.3. The minimum atomic E-state index is -0.0881. The summed E-state index contributed by atoms with van der Waals surface area (Å²) in [6, 6.07) is 55.3. The Kier molecular flexibility index (Phi) is 13.6. The molecule has 0 saturated carbocycles. The van der Waals surface area contributed by atoms with Gasteiger partial charge in [0, 0.05) is 57.1 Å². The van der Waals surface area contributed by atoms with Crippen LogP contribution >= 0.6 is 22.7 Å². The number of benzene rings is 6. The van der Waals surface area contributed by atoms with Crippen LogP contribution in [0.2, 0.25) is 0 Å². The van der Waals surface area contributed by atoms with E-state index >= 15 is 9.59 Å². The van der Waals surface area contributed by atoms with Crippen LogP contribution in [-0.2, 0) is 9.59 Å². The maximum Gasteiger partial charge on any atom is 0.260 e. The summed E-state index contributed by atoms with van der Waals surface area (Å²) in [5.74, 6) is 14.4. The van der Waals surface area contributed by atoms with Gasteiger partial charge >= 0.3 is 0 Å². The first kappa shape index (κ1) is 49.0. The Hall–Kier alpha value is -7.88. The van der Waals surface area contributed by atoms with E-state index in [0.29, 0.717) is 36.1 Å². The molecule has 2 aliphatic rings. The Morgan fingerprint density at radius 3 is 1.11 bits per heavy atom. The van der Waals surface area contributed by atoms with Crippen molar-refractivity contribution in [2.75, 3.05) is 22.9 Å². The monoisotopic (exact) mass is 1030 g/mol. The molecule has 12 rings (SSSR count). The van der Waals surface area contributed by atoms with E-state index in [1.165, 1.54) is 66.3 Å². The van der Waals surface area contributed by atoms with Gasteiger partial charge in [0.25, 0.3) is 11.8 Å². The van der Waals surface area contributed by atoms with Crippen LogP contribution in [0.15, 0.2) is 158 Å². The lowest BCUT2D eigenvalue weighted by atomic mass is 9.98. The molecule has 8 heteroatoms. The van der Waals surface area contributed by atoms with Crippen molar-refractivity contribution in [1.82, 2.24) is 9.13 Å². The highest BCUT2D eigenvalue weighted by atomic mass is 32.1. The lowest BCUT2D eigenvalue weighted by molar-refractivity contribution is -0.114. The Labute approximate surface area is 453 Å². The highest BCUT2D eigenvalue weighted by Crippen LogP contribution is 2.52. The lowest BCUT2D eigenvalue weighted by Gasteiger charge is -2.24. The minimum absolute atomic E-state index is 0.0881. The molecule has 2 atom stereocenters. The Bertz CT molecular complexity index is 3660. The summed E-state index contributed by atoms with van der Waals surface area (Å²) in [7, 11) is 0. The van der Waals surface area contributed by atoms with Crippen LogP contribution in [0.25, 0.3) is 66.1 Å². The molecule has 0 saturated heterocycles. The summed E-state index contributed by atoms with van der Waals surface area (Å²) in [5.41, 5.74) is 11.4. The second kappa shape index (κ2) is 21.0. The second-order valence-electron chi connectivity index (χ2n) is 20.4. The highest BCUT2D eigenvalue weighted by Gasteiger charge is 2.45. The molecule has 6 aromatic carbocycles. The number of thiophene rings is 2. The van der Waals surface area contributed by atoms with Gasteiger partial charge in [0.15, 0.2) is 0 Å². The second-order valence-corrected chi connectivity index (χ2v) is 22.5. The van der Waals surface area contributed by atoms with Crippen molar-refractivity contribution in [3.8, 4) is 35.1 Å². The predicted octanol–water partition coefficient (Wildman–Crippen LogP) is 16.8. The van der Waals surface area contributed by atoms with Crippen molar-refractivity contribution < 1.29 is 9.59 Å². The topological polar surface area (TPSA) is 50.5 Å². The fourth-order valence-electron chi connectivity index (χ4n) is 11.5. The Morgan fingerprint density at radius 1 is 0.434 bits per heavy atom. The number of anilines is 2. The van der Waals surface area contributed by atoms with Gasteiger partial charge in [-0.3, -0.25) is 9.59 Å². The average molecular weight is 1030 g/mol. The zero-order chi connectivity index (χ0) is 51.9. The molecule has 0 N–H and O–H groups in total. The molecule has 6 heterocycles. The Balaban J connectivity index is 0.909. The van der Waals surface area contributed by atoms with Crippen LogP contribution < -0.4 is 9.80 Å². The standard InChI is InChI=1S/C68H60N4O2S2/c1-5-9-19-45(7-3)43-69-61-41-51(39-33-47-29-35-49(36-30-47)71-57-25-15-11-21-53(57)54-22-12-16-26-58(54)71)75-65(61)63(67(69)73)64-66-62(70(68(64)74)44-46(8-4)20-10-6-2)42-52(76-66)40-34-48-31-37-50(38-32-48)72-59-27-17-13-23-55(59)56-24-14-18-28-60(56)72/h11-18,21-32,35-38,41-42,45-46H,5-10,19-20,43-44H2,1-4H3/b64-63-. The summed E-state index contributed by atoms with van der Waals surface area (Å²) in [6.07, 6.45) is 8.44. The van der Waals surface area contributed by atoms with Gasteiger partial charge in [0.1, 0.15) is 0 Å². The molecule has 2 unspecified atom stereocenters. The third-order valence-electron chi connectivity index (χ3n) is 15.7. The number of fused-ring (bicyclic) bond motifs is 8. The first-order valence-electron chi connectivity index (χ1n) is 27.2. The van der Waals surface area contributed by atoms with Crippen molar-refractivity contribution in [3.05, 3.63) is 188 Å². The van der Waals surface area contributed by atoms with E-state index in [9.17, 15) is 0 Å². The Morgan fingerprint density at radius 2 is 0.776 bits per heavy atom. The normalized spacial score (nSPS) is 14.9. The highest BCUT2D eigenvalue weighted by molar-refractivity contribution is 7.16. The molecule has 376 valence electrons. The lowest BCUT2D eigenvalue weighted by Crippen LogP contribution is -2.34. The number of nitrogens with zero attached hydrogens (tertiary/aromatic N) is 4. The summed E-state index contributed by atoms with van der Waals surface area (Å²) >= 11 is 3.06. The minimum Gasteiger partial charge on any atom is -0.309 e. The molecular formula is C68H60N4O2S2. The molecule has 2 amide bonds. The van der Waals surface area contributed by atoms with Crippen LogP contribution in [0.5, 0.6) is 0 Å². The van der Waals surface area contributed by atoms with Gasteiger partial charge in [-0.1, -0.05) is 163 Å². The predicted molar refractivity (Wildman–Crippen MR) is 320 cm³/mol. The number of aromatic nitrogens is 2. The van der Waals surface area contributed by atoms with Gasteiger partial charge < -0.3 is 18.9 Å². The van der Waals surface area contributed by atoms with Gasteiger partial charge in [0.2, 0.25) is 0 Å². The van der Waals surface area contributed by atoms with Gasteiger partial charge in [-0.2, -0.15) is 0 Å². The number of carbonyl (C=O) groups is 2. The molecule has 0 bridgehead atoms. The zero-order valence-corrected chi connectivity index (χ0v) is 45.3. The van der Waals surface area contributed by atoms with Crippen LogP contribution in [0, 0.1) is 35.5 Å². The molecular weight excluding hydrogens is 969 g/mol. The van der Waals surface area contributed by atoms with Crippen molar-refractivity contribution in [2.45, 2.75) is 79.1 Å². The van der Waals surface area contributed by atoms with Crippen molar-refractivity contribution in [2.24, 2.45) is 11.8 Å². The third kappa shape index (κ3) is 8.84. The molecule has 76 heavy (non-hydrogen) atoms. The average Bonchev–Trinajstić information content (AvgIpc) is 4.33. The maximum atomic E-state index is 15.2. The first-order valence-corrected chi connectivity index (χ1v) is 28.9. The van der Waals surface area contributed by atoms with Gasteiger partial charge in [-0.15, -0.1) is 22.7 Å². The molecule has 4 aromatic heterocycles. The smallest absolute Gasteiger partial charge is 0.260 e. The number of unbranched alkanes of at least 4 members (excludes halogenated alkanes) is 2. The van der Waals surface area contributed by atoms with Crippen molar-refractivity contribution in [3.63, 3.8) is 0 Å². The van der Waals surface area contributed by atoms with E-state index in [4.69, 9.17) is 0 Å². The molecule has 0 radical (unpaired) electrons. The summed E-state index contributed by atoms with van der Waals surface area (Å²) in [4.78, 5) is 37.8. The summed E-state index contributed by atoms with van der Waals surface area (Å²) < 4.78 is 4.63. The van der Waals surface area contributed by atoms with Gasteiger partial charge in [-0.05, 0) is 110 Å². The molecule has 0 fully saturated rings. The summed E-state index contributed by atoms with van der Waals surface area (Å²) in [5, 5.41) is 4.92. The molecule has 6 nitrogen and oxygen atoms in total. The van der Waals surface area contributed by atoms with Crippen LogP contribution in [-0.4, -0.2) is 34.0 Å². The van der Waals surface area contributed by atoms with Crippen molar-refractivity contribution in [1.29, 1.82) is 0 Å². The zero-order valence-electron chi connectivity index (χ0n) is 43.7. The van der Waals surface area contributed by atoms with E-state index in [2.05, 4.69) is 218 Å². The van der Waals surface area contributed by atoms with E-state index in [0.717, 1.165) is 105 Å². The van der Waals surface area contributed by atoms with Gasteiger partial charge in [-0.25, -0.2) is 0 Å².